The van der Waals surface area contributed by atoms with E-state index in [0.29, 0.717) is 12.5 Å². The van der Waals surface area contributed by atoms with E-state index in [2.05, 4.69) is 20.4 Å². The van der Waals surface area contributed by atoms with Gasteiger partial charge in [0.05, 0.1) is 6.20 Å². The zero-order valence-electron chi connectivity index (χ0n) is 8.81. The fourth-order valence-corrected chi connectivity index (χ4v) is 1.28. The minimum Gasteiger partial charge on any atom is -0.350 e. The summed E-state index contributed by atoms with van der Waals surface area (Å²) in [5.41, 5.74) is 2.31. The summed E-state index contributed by atoms with van der Waals surface area (Å²) in [6, 6.07) is 1.79. The molecule has 0 fully saturated rings. The Kier molecular flexibility index (Phi) is 2.62. The molecule has 0 radical (unpaired) electrons. The number of hydrogen-bond acceptors (Lipinski definition) is 4. The minimum atomic E-state index is 0.640. The van der Waals surface area contributed by atoms with Gasteiger partial charge in [-0.3, -0.25) is 4.68 Å². The van der Waals surface area contributed by atoms with Gasteiger partial charge in [-0.2, -0.15) is 5.10 Å². The molecule has 0 unspecified atom stereocenters. The highest BCUT2D eigenvalue weighted by Crippen LogP contribution is 2.07. The normalized spacial score (nSPS) is 10.3. The molecule has 0 aliphatic heterocycles. The Labute approximate surface area is 88.2 Å². The zero-order valence-corrected chi connectivity index (χ0v) is 8.81. The molecule has 1 N–H and O–H groups in total. The van der Waals surface area contributed by atoms with E-state index in [9.17, 15) is 0 Å². The average molecular weight is 203 g/mol. The molecular formula is C10H13N5. The summed E-state index contributed by atoms with van der Waals surface area (Å²) in [6.07, 6.45) is 5.28. The topological polar surface area (TPSA) is 55.6 Å². The number of rotatable bonds is 3. The lowest BCUT2D eigenvalue weighted by Crippen LogP contribution is -2.04. The Hall–Kier alpha value is -1.91. The van der Waals surface area contributed by atoms with Gasteiger partial charge < -0.3 is 5.32 Å². The fourth-order valence-electron chi connectivity index (χ4n) is 1.28. The Bertz CT molecular complexity index is 434. The predicted molar refractivity (Wildman–Crippen MR) is 57.3 cm³/mol. The highest BCUT2D eigenvalue weighted by molar-refractivity contribution is 5.27. The second-order valence-electron chi connectivity index (χ2n) is 3.30. The zero-order chi connectivity index (χ0) is 10.7. The van der Waals surface area contributed by atoms with Crippen molar-refractivity contribution >= 4 is 5.95 Å². The lowest BCUT2D eigenvalue weighted by atomic mass is 10.2. The molecule has 2 heterocycles. The van der Waals surface area contributed by atoms with Gasteiger partial charge in [0.2, 0.25) is 5.95 Å². The first-order valence-corrected chi connectivity index (χ1v) is 4.76. The summed E-state index contributed by atoms with van der Waals surface area (Å²) in [6.45, 7) is 2.74. The predicted octanol–water partition coefficient (Wildman–Crippen LogP) is 1.13. The van der Waals surface area contributed by atoms with Crippen molar-refractivity contribution in [1.29, 1.82) is 0 Å². The number of aromatic nitrogens is 4. The van der Waals surface area contributed by atoms with Crippen molar-refractivity contribution in [3.05, 3.63) is 35.9 Å². The first-order chi connectivity index (χ1) is 7.27. The quantitative estimate of drug-likeness (QED) is 0.812. The maximum Gasteiger partial charge on any atom is 0.222 e. The Morgan fingerprint density at radius 3 is 2.67 bits per heavy atom. The van der Waals surface area contributed by atoms with Crippen LogP contribution >= 0.6 is 0 Å². The van der Waals surface area contributed by atoms with Crippen LogP contribution in [0.2, 0.25) is 0 Å². The molecule has 78 valence electrons. The first kappa shape index (κ1) is 9.64. The van der Waals surface area contributed by atoms with E-state index >= 15 is 0 Å². The van der Waals surface area contributed by atoms with E-state index in [4.69, 9.17) is 0 Å². The Morgan fingerprint density at radius 2 is 2.07 bits per heavy atom. The van der Waals surface area contributed by atoms with Crippen LogP contribution < -0.4 is 5.32 Å². The molecule has 0 aliphatic carbocycles. The Morgan fingerprint density at radius 1 is 1.33 bits per heavy atom. The molecule has 0 bridgehead atoms. The number of nitrogens with one attached hydrogen (secondary N) is 1. The van der Waals surface area contributed by atoms with Crippen LogP contribution in [0, 0.1) is 6.92 Å². The van der Waals surface area contributed by atoms with Gasteiger partial charge in [0.15, 0.2) is 0 Å². The van der Waals surface area contributed by atoms with Crippen LogP contribution in [0.3, 0.4) is 0 Å². The molecule has 2 rings (SSSR count). The van der Waals surface area contributed by atoms with Gasteiger partial charge >= 0.3 is 0 Å². The molecule has 0 saturated heterocycles. The smallest absolute Gasteiger partial charge is 0.222 e. The fraction of sp³-hybridized carbons (Fsp3) is 0.300. The van der Waals surface area contributed by atoms with Crippen molar-refractivity contribution in [2.24, 2.45) is 7.05 Å². The average Bonchev–Trinajstić information content (AvgIpc) is 2.59. The molecule has 0 atom stereocenters. The lowest BCUT2D eigenvalue weighted by Gasteiger charge is -2.03. The van der Waals surface area contributed by atoms with E-state index in [1.807, 2.05) is 24.9 Å². The van der Waals surface area contributed by atoms with Gasteiger partial charge in [-0.1, -0.05) is 0 Å². The van der Waals surface area contributed by atoms with Crippen molar-refractivity contribution in [1.82, 2.24) is 19.7 Å². The van der Waals surface area contributed by atoms with E-state index in [0.717, 1.165) is 11.3 Å². The standard InChI is InChI=1S/C10H13N5/c1-8-9(7-14-15(8)2)6-13-10-11-4-3-5-12-10/h3-5,7H,6H2,1-2H3,(H,11,12,13). The number of anilines is 1. The summed E-state index contributed by atoms with van der Waals surface area (Å²) in [7, 11) is 1.93. The molecule has 5 heteroatoms. The van der Waals surface area contributed by atoms with Crippen LogP contribution in [0.4, 0.5) is 5.95 Å². The van der Waals surface area contributed by atoms with Crippen molar-refractivity contribution in [2.45, 2.75) is 13.5 Å². The van der Waals surface area contributed by atoms with Crippen LogP contribution in [0.1, 0.15) is 11.3 Å². The van der Waals surface area contributed by atoms with Gasteiger partial charge in [0.1, 0.15) is 0 Å². The molecule has 0 saturated carbocycles. The third-order valence-corrected chi connectivity index (χ3v) is 2.34. The molecule has 2 aromatic heterocycles. The number of aryl methyl sites for hydroxylation is 1. The van der Waals surface area contributed by atoms with Crippen molar-refractivity contribution in [3.63, 3.8) is 0 Å². The highest BCUT2D eigenvalue weighted by atomic mass is 15.3. The molecule has 0 aliphatic rings. The molecular weight excluding hydrogens is 190 g/mol. The summed E-state index contributed by atoms with van der Waals surface area (Å²) in [5, 5.41) is 7.30. The van der Waals surface area contributed by atoms with Crippen molar-refractivity contribution < 1.29 is 0 Å². The van der Waals surface area contributed by atoms with Gasteiger partial charge in [-0.05, 0) is 13.0 Å². The van der Waals surface area contributed by atoms with Gasteiger partial charge in [-0.15, -0.1) is 0 Å². The maximum atomic E-state index is 4.16. The van der Waals surface area contributed by atoms with Gasteiger partial charge in [-0.25, -0.2) is 9.97 Å². The third kappa shape index (κ3) is 2.12. The SMILES string of the molecule is Cc1c(CNc2ncccn2)cnn1C. The van der Waals surface area contributed by atoms with Crippen LogP contribution in [0.5, 0.6) is 0 Å². The first-order valence-electron chi connectivity index (χ1n) is 4.76. The van der Waals surface area contributed by atoms with Crippen LogP contribution in [0.15, 0.2) is 24.7 Å². The van der Waals surface area contributed by atoms with E-state index in [1.165, 1.54) is 0 Å². The molecule has 0 amide bonds. The van der Waals surface area contributed by atoms with Crippen LogP contribution in [0.25, 0.3) is 0 Å². The molecule has 0 spiro atoms. The van der Waals surface area contributed by atoms with Gasteiger partial charge in [0.25, 0.3) is 0 Å². The third-order valence-electron chi connectivity index (χ3n) is 2.34. The number of hydrogen-bond donors (Lipinski definition) is 1. The highest BCUT2D eigenvalue weighted by Gasteiger charge is 2.03. The second-order valence-corrected chi connectivity index (χ2v) is 3.30. The second kappa shape index (κ2) is 4.08. The minimum absolute atomic E-state index is 0.640. The summed E-state index contributed by atoms with van der Waals surface area (Å²) in [4.78, 5) is 8.16. The molecule has 2 aromatic rings. The monoisotopic (exact) mass is 203 g/mol. The van der Waals surface area contributed by atoms with Crippen molar-refractivity contribution in [3.8, 4) is 0 Å². The summed E-state index contributed by atoms with van der Waals surface area (Å²) >= 11 is 0. The maximum absolute atomic E-state index is 4.16. The Balaban J connectivity index is 2.02. The summed E-state index contributed by atoms with van der Waals surface area (Å²) in [5.74, 6) is 0.640. The van der Waals surface area contributed by atoms with E-state index in [-0.39, 0.29) is 0 Å². The number of nitrogens with zero attached hydrogens (tertiary/aromatic N) is 4. The summed E-state index contributed by atoms with van der Waals surface area (Å²) < 4.78 is 1.85. The molecule has 5 nitrogen and oxygen atoms in total. The van der Waals surface area contributed by atoms with Crippen LogP contribution in [-0.4, -0.2) is 19.7 Å². The van der Waals surface area contributed by atoms with E-state index < -0.39 is 0 Å². The lowest BCUT2D eigenvalue weighted by molar-refractivity contribution is 0.738. The van der Waals surface area contributed by atoms with Crippen LogP contribution in [-0.2, 0) is 13.6 Å². The van der Waals surface area contributed by atoms with Crippen molar-refractivity contribution in [2.75, 3.05) is 5.32 Å². The molecule has 15 heavy (non-hydrogen) atoms. The van der Waals surface area contributed by atoms with Gasteiger partial charge in [0, 0.05) is 37.2 Å². The van der Waals surface area contributed by atoms with E-state index in [1.54, 1.807) is 18.5 Å². The molecule has 0 aromatic carbocycles. The largest absolute Gasteiger partial charge is 0.350 e.